The molecule has 1 saturated heterocycles. The number of amides is 1. The Balaban J connectivity index is 1.77. The number of nitrogens with one attached hydrogen (secondary N) is 1. The SMILES string of the molecule is CC1CCC(C(=O)NC2CCCC2)O1. The van der Waals surface area contributed by atoms with Crippen LogP contribution < -0.4 is 5.32 Å². The van der Waals surface area contributed by atoms with Crippen molar-refractivity contribution in [2.45, 2.75) is 63.7 Å². The number of hydrogen-bond donors (Lipinski definition) is 1. The summed E-state index contributed by atoms with van der Waals surface area (Å²) in [6, 6.07) is 0.419. The van der Waals surface area contributed by atoms with E-state index >= 15 is 0 Å². The van der Waals surface area contributed by atoms with E-state index in [9.17, 15) is 4.79 Å². The fourth-order valence-corrected chi connectivity index (χ4v) is 2.36. The Labute approximate surface area is 85.2 Å². The van der Waals surface area contributed by atoms with Crippen molar-refractivity contribution in [1.82, 2.24) is 5.32 Å². The minimum absolute atomic E-state index is 0.112. The van der Waals surface area contributed by atoms with Crippen LogP contribution in [0.15, 0.2) is 0 Å². The van der Waals surface area contributed by atoms with Crippen LogP contribution in [-0.2, 0) is 9.53 Å². The van der Waals surface area contributed by atoms with E-state index < -0.39 is 0 Å². The van der Waals surface area contributed by atoms with Gasteiger partial charge in [0.2, 0.25) is 5.91 Å². The van der Waals surface area contributed by atoms with Gasteiger partial charge >= 0.3 is 0 Å². The summed E-state index contributed by atoms with van der Waals surface area (Å²) >= 11 is 0. The molecule has 2 unspecified atom stereocenters. The van der Waals surface area contributed by atoms with Crippen LogP contribution >= 0.6 is 0 Å². The van der Waals surface area contributed by atoms with Gasteiger partial charge in [0.1, 0.15) is 6.10 Å². The Morgan fingerprint density at radius 1 is 1.21 bits per heavy atom. The lowest BCUT2D eigenvalue weighted by Gasteiger charge is -2.16. The predicted molar refractivity (Wildman–Crippen MR) is 54.0 cm³/mol. The molecule has 3 nitrogen and oxygen atoms in total. The standard InChI is InChI=1S/C11H19NO2/c1-8-6-7-10(14-8)11(13)12-9-4-2-3-5-9/h8-10H,2-7H2,1H3,(H,12,13). The second-order valence-electron chi connectivity index (χ2n) is 4.50. The van der Waals surface area contributed by atoms with Crippen LogP contribution in [0.3, 0.4) is 0 Å². The molecular formula is C11H19NO2. The first-order valence-electron chi connectivity index (χ1n) is 5.71. The highest BCUT2D eigenvalue weighted by Crippen LogP contribution is 2.21. The van der Waals surface area contributed by atoms with Crippen LogP contribution in [0.25, 0.3) is 0 Å². The summed E-state index contributed by atoms with van der Waals surface area (Å²) in [5, 5.41) is 3.08. The fourth-order valence-electron chi connectivity index (χ4n) is 2.36. The molecule has 1 aliphatic heterocycles. The van der Waals surface area contributed by atoms with Crippen LogP contribution in [0.2, 0.25) is 0 Å². The number of carbonyl (C=O) groups is 1. The molecule has 2 fully saturated rings. The van der Waals surface area contributed by atoms with E-state index in [1.807, 2.05) is 6.92 Å². The third-order valence-corrected chi connectivity index (χ3v) is 3.23. The summed E-state index contributed by atoms with van der Waals surface area (Å²) in [5.74, 6) is 0.112. The highest BCUT2D eigenvalue weighted by Gasteiger charge is 2.29. The van der Waals surface area contributed by atoms with Gasteiger partial charge in [-0.05, 0) is 32.6 Å². The molecule has 0 aromatic rings. The van der Waals surface area contributed by atoms with Crippen molar-refractivity contribution in [2.24, 2.45) is 0 Å². The zero-order valence-electron chi connectivity index (χ0n) is 8.79. The second-order valence-corrected chi connectivity index (χ2v) is 4.50. The molecule has 1 heterocycles. The first-order chi connectivity index (χ1) is 6.75. The maximum absolute atomic E-state index is 11.7. The van der Waals surface area contributed by atoms with E-state index in [1.165, 1.54) is 12.8 Å². The Bertz CT molecular complexity index is 211. The normalized spacial score (nSPS) is 33.5. The topological polar surface area (TPSA) is 38.3 Å². The van der Waals surface area contributed by atoms with Gasteiger partial charge in [-0.15, -0.1) is 0 Å². The zero-order chi connectivity index (χ0) is 9.97. The summed E-state index contributed by atoms with van der Waals surface area (Å²) < 4.78 is 5.52. The van der Waals surface area contributed by atoms with E-state index in [0.29, 0.717) is 6.04 Å². The lowest BCUT2D eigenvalue weighted by Crippen LogP contribution is -2.40. The van der Waals surface area contributed by atoms with Gasteiger partial charge in [-0.1, -0.05) is 12.8 Å². The summed E-state index contributed by atoms with van der Waals surface area (Å²) in [6.45, 7) is 2.03. The van der Waals surface area contributed by atoms with Crippen LogP contribution in [-0.4, -0.2) is 24.2 Å². The lowest BCUT2D eigenvalue weighted by atomic mass is 10.2. The maximum Gasteiger partial charge on any atom is 0.249 e. The quantitative estimate of drug-likeness (QED) is 0.730. The lowest BCUT2D eigenvalue weighted by molar-refractivity contribution is -0.132. The number of ether oxygens (including phenoxy) is 1. The number of hydrogen-bond acceptors (Lipinski definition) is 2. The van der Waals surface area contributed by atoms with Crippen molar-refractivity contribution in [3.8, 4) is 0 Å². The van der Waals surface area contributed by atoms with Crippen LogP contribution in [0.5, 0.6) is 0 Å². The second kappa shape index (κ2) is 4.30. The number of carbonyl (C=O) groups excluding carboxylic acids is 1. The summed E-state index contributed by atoms with van der Waals surface area (Å²) in [7, 11) is 0. The van der Waals surface area contributed by atoms with Crippen molar-refractivity contribution in [2.75, 3.05) is 0 Å². The van der Waals surface area contributed by atoms with Gasteiger partial charge in [0.05, 0.1) is 6.10 Å². The molecule has 0 radical (unpaired) electrons. The average Bonchev–Trinajstić information content (AvgIpc) is 2.75. The molecule has 0 aromatic heterocycles. The Kier molecular flexibility index (Phi) is 3.06. The molecule has 3 heteroatoms. The van der Waals surface area contributed by atoms with Crippen molar-refractivity contribution in [1.29, 1.82) is 0 Å². The highest BCUT2D eigenvalue weighted by atomic mass is 16.5. The molecule has 0 spiro atoms. The van der Waals surface area contributed by atoms with Crippen LogP contribution in [0, 0.1) is 0 Å². The molecule has 0 bridgehead atoms. The summed E-state index contributed by atoms with van der Waals surface area (Å²) in [4.78, 5) is 11.7. The minimum atomic E-state index is -0.175. The van der Waals surface area contributed by atoms with Crippen molar-refractivity contribution in [3.05, 3.63) is 0 Å². The van der Waals surface area contributed by atoms with Gasteiger partial charge in [-0.2, -0.15) is 0 Å². The molecule has 80 valence electrons. The van der Waals surface area contributed by atoms with Crippen molar-refractivity contribution in [3.63, 3.8) is 0 Å². The minimum Gasteiger partial charge on any atom is -0.365 e. The first-order valence-corrected chi connectivity index (χ1v) is 5.71. The van der Waals surface area contributed by atoms with E-state index in [4.69, 9.17) is 4.74 Å². The molecule has 2 aliphatic rings. The smallest absolute Gasteiger partial charge is 0.249 e. The largest absolute Gasteiger partial charge is 0.365 e. The molecule has 2 rings (SSSR count). The molecule has 14 heavy (non-hydrogen) atoms. The van der Waals surface area contributed by atoms with Gasteiger partial charge < -0.3 is 10.1 Å². The summed E-state index contributed by atoms with van der Waals surface area (Å²) in [5.41, 5.74) is 0. The summed E-state index contributed by atoms with van der Waals surface area (Å²) in [6.07, 6.45) is 6.80. The third-order valence-electron chi connectivity index (χ3n) is 3.23. The van der Waals surface area contributed by atoms with Crippen molar-refractivity contribution < 1.29 is 9.53 Å². The van der Waals surface area contributed by atoms with E-state index in [2.05, 4.69) is 5.32 Å². The van der Waals surface area contributed by atoms with Gasteiger partial charge in [-0.25, -0.2) is 0 Å². The molecule has 1 aliphatic carbocycles. The first kappa shape index (κ1) is 9.97. The van der Waals surface area contributed by atoms with Crippen LogP contribution in [0.1, 0.15) is 45.4 Å². The third kappa shape index (κ3) is 2.27. The van der Waals surface area contributed by atoms with E-state index in [-0.39, 0.29) is 18.1 Å². The fraction of sp³-hybridized carbons (Fsp3) is 0.909. The monoisotopic (exact) mass is 197 g/mol. The zero-order valence-corrected chi connectivity index (χ0v) is 8.79. The molecule has 1 amide bonds. The number of rotatable bonds is 2. The Morgan fingerprint density at radius 3 is 2.50 bits per heavy atom. The van der Waals surface area contributed by atoms with Crippen LogP contribution in [0.4, 0.5) is 0 Å². The molecule has 1 saturated carbocycles. The molecule has 2 atom stereocenters. The molecule has 1 N–H and O–H groups in total. The van der Waals surface area contributed by atoms with Gasteiger partial charge in [-0.3, -0.25) is 4.79 Å². The highest BCUT2D eigenvalue weighted by molar-refractivity contribution is 5.81. The van der Waals surface area contributed by atoms with E-state index in [0.717, 1.165) is 25.7 Å². The van der Waals surface area contributed by atoms with E-state index in [1.54, 1.807) is 0 Å². The predicted octanol–water partition coefficient (Wildman–Crippen LogP) is 1.61. The van der Waals surface area contributed by atoms with Crippen molar-refractivity contribution >= 4 is 5.91 Å². The van der Waals surface area contributed by atoms with Gasteiger partial charge in [0.15, 0.2) is 0 Å². The maximum atomic E-state index is 11.7. The van der Waals surface area contributed by atoms with Gasteiger partial charge in [0, 0.05) is 6.04 Å². The molecule has 0 aromatic carbocycles. The Morgan fingerprint density at radius 2 is 1.93 bits per heavy atom. The average molecular weight is 197 g/mol. The Hall–Kier alpha value is -0.570. The van der Waals surface area contributed by atoms with Gasteiger partial charge in [0.25, 0.3) is 0 Å². The molecular weight excluding hydrogens is 178 g/mol.